The number of allylic oxidation sites excluding steroid dienone is 2. The van der Waals surface area contributed by atoms with Crippen molar-refractivity contribution in [1.29, 1.82) is 0 Å². The summed E-state index contributed by atoms with van der Waals surface area (Å²) in [7, 11) is 0. The van der Waals surface area contributed by atoms with Crippen LogP contribution in [0.3, 0.4) is 0 Å². The predicted octanol–water partition coefficient (Wildman–Crippen LogP) is 2.44. The molecule has 1 aromatic rings. The van der Waals surface area contributed by atoms with Gasteiger partial charge in [0.1, 0.15) is 18.3 Å². The smallest absolute Gasteiger partial charge is 0.308 e. The van der Waals surface area contributed by atoms with Gasteiger partial charge in [0, 0.05) is 25.7 Å². The van der Waals surface area contributed by atoms with Gasteiger partial charge >= 0.3 is 11.9 Å². The molecule has 0 saturated carbocycles. The first-order valence-corrected chi connectivity index (χ1v) is 7.98. The Morgan fingerprint density at radius 1 is 1.16 bits per heavy atom. The summed E-state index contributed by atoms with van der Waals surface area (Å²) in [6.07, 6.45) is 3.54. The lowest BCUT2D eigenvalue weighted by Crippen LogP contribution is -2.16. The summed E-state index contributed by atoms with van der Waals surface area (Å²) in [6, 6.07) is 6.90. The number of carbonyl (C=O) groups excluding carboxylic acids is 4. The summed E-state index contributed by atoms with van der Waals surface area (Å²) in [5, 5.41) is 0. The van der Waals surface area contributed by atoms with E-state index in [1.54, 1.807) is 37.3 Å². The Morgan fingerprint density at radius 2 is 1.84 bits per heavy atom. The Kier molecular flexibility index (Phi) is 8.85. The van der Waals surface area contributed by atoms with Crippen molar-refractivity contribution in [2.24, 2.45) is 5.92 Å². The second-order valence-corrected chi connectivity index (χ2v) is 5.42. The zero-order valence-corrected chi connectivity index (χ0v) is 14.4. The molecule has 0 radical (unpaired) electrons. The maximum absolute atomic E-state index is 11.9. The van der Waals surface area contributed by atoms with E-state index in [1.807, 2.05) is 0 Å². The molecule has 0 aliphatic carbocycles. The molecule has 1 aromatic carbocycles. The van der Waals surface area contributed by atoms with Crippen molar-refractivity contribution in [3.05, 3.63) is 41.5 Å². The molecular formula is C19H22O6. The Hall–Kier alpha value is -2.76. The molecule has 6 nitrogen and oxygen atoms in total. The Balaban J connectivity index is 2.46. The van der Waals surface area contributed by atoms with Crippen LogP contribution in [0.15, 0.2) is 35.9 Å². The molecule has 0 saturated heterocycles. The number of benzene rings is 1. The molecule has 0 aliphatic rings. The highest BCUT2D eigenvalue weighted by Gasteiger charge is 2.18. The Bertz CT molecular complexity index is 630. The van der Waals surface area contributed by atoms with Gasteiger partial charge in [-0.3, -0.25) is 14.4 Å². The third-order valence-corrected chi connectivity index (χ3v) is 3.57. The highest BCUT2D eigenvalue weighted by Crippen LogP contribution is 2.18. The summed E-state index contributed by atoms with van der Waals surface area (Å²) >= 11 is 0. The second kappa shape index (κ2) is 10.9. The Labute approximate surface area is 146 Å². The average Bonchev–Trinajstić information content (AvgIpc) is 2.57. The van der Waals surface area contributed by atoms with Crippen LogP contribution in [-0.2, 0) is 30.3 Å². The molecule has 1 atom stereocenters. The fraction of sp³-hybridized carbons (Fsp3) is 0.368. The molecular weight excluding hydrogens is 324 g/mol. The molecule has 0 aliphatic heterocycles. The summed E-state index contributed by atoms with van der Waals surface area (Å²) in [4.78, 5) is 44.4. The quantitative estimate of drug-likeness (QED) is 0.280. The molecule has 0 spiro atoms. The van der Waals surface area contributed by atoms with Crippen molar-refractivity contribution < 1.29 is 28.7 Å². The fourth-order valence-electron chi connectivity index (χ4n) is 2.29. The first-order chi connectivity index (χ1) is 12.0. The van der Waals surface area contributed by atoms with E-state index in [1.165, 1.54) is 6.92 Å². The minimum atomic E-state index is -0.454. The molecule has 134 valence electrons. The maximum atomic E-state index is 11.9. The number of hydrogen-bond acceptors (Lipinski definition) is 6. The van der Waals surface area contributed by atoms with E-state index in [0.29, 0.717) is 30.3 Å². The van der Waals surface area contributed by atoms with Gasteiger partial charge in [0.25, 0.3) is 0 Å². The number of aldehydes is 2. The van der Waals surface area contributed by atoms with E-state index in [2.05, 4.69) is 0 Å². The third kappa shape index (κ3) is 7.56. The lowest BCUT2D eigenvalue weighted by atomic mass is 9.93. The van der Waals surface area contributed by atoms with Crippen molar-refractivity contribution in [3.8, 4) is 5.75 Å². The number of hydrogen-bond donors (Lipinski definition) is 0. The van der Waals surface area contributed by atoms with E-state index in [0.717, 1.165) is 5.56 Å². The minimum Gasteiger partial charge on any atom is -0.465 e. The highest BCUT2D eigenvalue weighted by atomic mass is 16.5. The molecule has 0 heterocycles. The summed E-state index contributed by atoms with van der Waals surface area (Å²) in [5.41, 5.74) is 1.35. The third-order valence-electron chi connectivity index (χ3n) is 3.57. The predicted molar refractivity (Wildman–Crippen MR) is 91.0 cm³/mol. The normalized spacial score (nSPS) is 12.2. The second-order valence-electron chi connectivity index (χ2n) is 5.42. The lowest BCUT2D eigenvalue weighted by Gasteiger charge is -2.13. The summed E-state index contributed by atoms with van der Waals surface area (Å²) < 4.78 is 10.1. The van der Waals surface area contributed by atoms with E-state index in [4.69, 9.17) is 9.47 Å². The molecule has 0 amide bonds. The average molecular weight is 346 g/mol. The molecule has 0 N–H and O–H groups in total. The van der Waals surface area contributed by atoms with E-state index in [-0.39, 0.29) is 25.4 Å². The van der Waals surface area contributed by atoms with Crippen LogP contribution in [0.2, 0.25) is 0 Å². The summed E-state index contributed by atoms with van der Waals surface area (Å²) in [5.74, 6) is -0.833. The van der Waals surface area contributed by atoms with E-state index in [9.17, 15) is 19.2 Å². The molecule has 6 heteroatoms. The topological polar surface area (TPSA) is 86.7 Å². The van der Waals surface area contributed by atoms with E-state index < -0.39 is 11.9 Å². The monoisotopic (exact) mass is 346 g/mol. The van der Waals surface area contributed by atoms with Gasteiger partial charge < -0.3 is 14.3 Å². The molecule has 25 heavy (non-hydrogen) atoms. The largest absolute Gasteiger partial charge is 0.465 e. The van der Waals surface area contributed by atoms with Crippen LogP contribution in [0.4, 0.5) is 0 Å². The van der Waals surface area contributed by atoms with Gasteiger partial charge in [-0.15, -0.1) is 0 Å². The maximum Gasteiger partial charge on any atom is 0.308 e. The van der Waals surface area contributed by atoms with Crippen LogP contribution < -0.4 is 4.74 Å². The van der Waals surface area contributed by atoms with Crippen molar-refractivity contribution in [2.75, 3.05) is 6.61 Å². The van der Waals surface area contributed by atoms with Crippen LogP contribution >= 0.6 is 0 Å². The van der Waals surface area contributed by atoms with Crippen molar-refractivity contribution in [2.45, 2.75) is 33.1 Å². The fourth-order valence-corrected chi connectivity index (χ4v) is 2.29. The van der Waals surface area contributed by atoms with Gasteiger partial charge in [0.15, 0.2) is 0 Å². The number of carbonyl (C=O) groups is 4. The molecule has 1 rings (SSSR count). The zero-order chi connectivity index (χ0) is 18.7. The van der Waals surface area contributed by atoms with Crippen molar-refractivity contribution in [3.63, 3.8) is 0 Å². The van der Waals surface area contributed by atoms with Crippen molar-refractivity contribution in [1.82, 2.24) is 0 Å². The van der Waals surface area contributed by atoms with E-state index >= 15 is 0 Å². The summed E-state index contributed by atoms with van der Waals surface area (Å²) in [6.45, 7) is 3.20. The van der Waals surface area contributed by atoms with Crippen LogP contribution in [0.1, 0.15) is 32.3 Å². The van der Waals surface area contributed by atoms with Crippen LogP contribution in [-0.4, -0.2) is 31.1 Å². The molecule has 0 fully saturated rings. The van der Waals surface area contributed by atoms with Gasteiger partial charge in [-0.1, -0.05) is 18.2 Å². The SMILES string of the molecule is C/C=C(/C=O)[C@@H](CC=O)CC(=O)OCCc1ccc(OC(C)=O)cc1. The number of rotatable bonds is 10. The zero-order valence-electron chi connectivity index (χ0n) is 14.4. The molecule has 0 aromatic heterocycles. The minimum absolute atomic E-state index is 0.0114. The van der Waals surface area contributed by atoms with Gasteiger partial charge in [-0.05, 0) is 30.2 Å². The Morgan fingerprint density at radius 3 is 2.36 bits per heavy atom. The number of ether oxygens (including phenoxy) is 2. The lowest BCUT2D eigenvalue weighted by molar-refractivity contribution is -0.144. The first kappa shape index (κ1) is 20.3. The highest BCUT2D eigenvalue weighted by molar-refractivity contribution is 5.78. The molecule has 0 bridgehead atoms. The van der Waals surface area contributed by atoms with Gasteiger partial charge in [0.05, 0.1) is 13.0 Å². The van der Waals surface area contributed by atoms with Crippen molar-refractivity contribution >= 4 is 24.5 Å². The van der Waals surface area contributed by atoms with Gasteiger partial charge in [-0.25, -0.2) is 0 Å². The molecule has 0 unspecified atom stereocenters. The number of esters is 2. The van der Waals surface area contributed by atoms with Crippen LogP contribution in [0.5, 0.6) is 5.75 Å². The van der Waals surface area contributed by atoms with Gasteiger partial charge in [-0.2, -0.15) is 0 Å². The van der Waals surface area contributed by atoms with Gasteiger partial charge in [0.2, 0.25) is 0 Å². The van der Waals surface area contributed by atoms with Crippen LogP contribution in [0.25, 0.3) is 0 Å². The van der Waals surface area contributed by atoms with Crippen LogP contribution in [0, 0.1) is 5.92 Å². The first-order valence-electron chi connectivity index (χ1n) is 7.98. The standard InChI is InChI=1S/C19H22O6/c1-3-16(13-21)17(8-10-20)12-19(23)24-11-9-15-4-6-18(7-5-15)25-14(2)22/h3-7,10,13,17H,8-9,11-12H2,1-2H3/b16-3-/t17-/m0/s1.